The van der Waals surface area contributed by atoms with Crippen LogP contribution in [0.3, 0.4) is 0 Å². The molecule has 2 aromatic carbocycles. The number of rotatable bonds is 4. The summed E-state index contributed by atoms with van der Waals surface area (Å²) in [5, 5.41) is 3.28. The Morgan fingerprint density at radius 2 is 1.81 bits per heavy atom. The van der Waals surface area contributed by atoms with Crippen molar-refractivity contribution >= 4 is 27.7 Å². The number of hydrogen-bond donors (Lipinski definition) is 1. The number of ketones is 1. The molecule has 1 heterocycles. The van der Waals surface area contributed by atoms with Gasteiger partial charge in [-0.15, -0.1) is 0 Å². The number of carbonyl (C=O) groups excluding carboxylic acids is 2. The van der Waals surface area contributed by atoms with E-state index in [1.807, 2.05) is 48.5 Å². The second-order valence-corrected chi connectivity index (χ2v) is 8.70. The van der Waals surface area contributed by atoms with Crippen molar-refractivity contribution in [2.45, 2.75) is 24.7 Å². The molecule has 0 spiro atoms. The highest BCUT2D eigenvalue weighted by Gasteiger charge is 2.45. The fourth-order valence-corrected chi connectivity index (χ4v) is 5.16. The molecule has 6 heteroatoms. The molecule has 4 rings (SSSR count). The van der Waals surface area contributed by atoms with Gasteiger partial charge in [-0.3, -0.25) is 9.59 Å². The molecule has 0 saturated heterocycles. The molecule has 1 N–H and O–H groups in total. The maximum atomic E-state index is 13.5. The highest BCUT2D eigenvalue weighted by atomic mass is 79.9. The van der Waals surface area contributed by atoms with Crippen molar-refractivity contribution in [3.05, 3.63) is 87.7 Å². The van der Waals surface area contributed by atoms with Crippen LogP contribution in [0.5, 0.6) is 5.75 Å². The zero-order valence-electron chi connectivity index (χ0n) is 17.5. The molecule has 0 fully saturated rings. The third kappa shape index (κ3) is 3.92. The maximum absolute atomic E-state index is 13.5. The zero-order chi connectivity index (χ0) is 22.1. The largest absolute Gasteiger partial charge is 0.497 e. The van der Waals surface area contributed by atoms with Crippen LogP contribution in [0.2, 0.25) is 0 Å². The lowest BCUT2D eigenvalue weighted by Gasteiger charge is -2.40. The zero-order valence-corrected chi connectivity index (χ0v) is 19.1. The van der Waals surface area contributed by atoms with Crippen LogP contribution < -0.4 is 10.1 Å². The standard InChI is InChI=1S/C25H24BrNO4/c1-14-22(25(29)31-3)23(18-6-4-5-7-19(18)26)24-20(27-14)12-16(13-21(24)28)15-8-10-17(30-2)11-9-15/h4-11,16,22-23,27H,1,12-13H2,2-3H3. The summed E-state index contributed by atoms with van der Waals surface area (Å²) in [7, 11) is 2.99. The van der Waals surface area contributed by atoms with Gasteiger partial charge in [-0.1, -0.05) is 52.8 Å². The molecule has 0 bridgehead atoms. The van der Waals surface area contributed by atoms with Crippen molar-refractivity contribution < 1.29 is 19.1 Å². The third-order valence-corrected chi connectivity index (χ3v) is 6.84. The molecule has 0 radical (unpaired) electrons. The molecular weight excluding hydrogens is 458 g/mol. The van der Waals surface area contributed by atoms with Crippen LogP contribution in [-0.2, 0) is 14.3 Å². The topological polar surface area (TPSA) is 64.6 Å². The Kier molecular flexibility index (Phi) is 6.01. The number of carbonyl (C=O) groups is 2. The summed E-state index contributed by atoms with van der Waals surface area (Å²) in [4.78, 5) is 26.2. The van der Waals surface area contributed by atoms with Gasteiger partial charge in [-0.25, -0.2) is 0 Å². The number of methoxy groups -OCH3 is 2. The predicted molar refractivity (Wildman–Crippen MR) is 122 cm³/mol. The minimum atomic E-state index is -0.677. The van der Waals surface area contributed by atoms with Gasteiger partial charge in [-0.05, 0) is 41.7 Å². The van der Waals surface area contributed by atoms with Crippen molar-refractivity contribution in [3.63, 3.8) is 0 Å². The molecule has 0 saturated carbocycles. The first kappa shape index (κ1) is 21.4. The van der Waals surface area contributed by atoms with E-state index in [9.17, 15) is 9.59 Å². The second kappa shape index (κ2) is 8.71. The molecule has 1 aliphatic carbocycles. The van der Waals surface area contributed by atoms with Crippen LogP contribution in [0.1, 0.15) is 35.8 Å². The maximum Gasteiger partial charge on any atom is 0.315 e. The van der Waals surface area contributed by atoms with E-state index in [1.54, 1.807) is 7.11 Å². The van der Waals surface area contributed by atoms with Crippen molar-refractivity contribution in [1.29, 1.82) is 0 Å². The number of benzene rings is 2. The fraction of sp³-hybridized carbons (Fsp3) is 0.280. The second-order valence-electron chi connectivity index (χ2n) is 7.84. The first-order valence-electron chi connectivity index (χ1n) is 10.1. The average molecular weight is 482 g/mol. The van der Waals surface area contributed by atoms with Crippen LogP contribution in [0.25, 0.3) is 0 Å². The Morgan fingerprint density at radius 3 is 2.45 bits per heavy atom. The summed E-state index contributed by atoms with van der Waals surface area (Å²) in [6.45, 7) is 4.12. The lowest BCUT2D eigenvalue weighted by Crippen LogP contribution is -2.42. The number of esters is 1. The molecule has 160 valence electrons. The van der Waals surface area contributed by atoms with Gasteiger partial charge >= 0.3 is 5.97 Å². The molecule has 2 aliphatic rings. The Balaban J connectivity index is 1.78. The number of halogens is 1. The van der Waals surface area contributed by atoms with Crippen LogP contribution >= 0.6 is 15.9 Å². The van der Waals surface area contributed by atoms with E-state index in [4.69, 9.17) is 9.47 Å². The Bertz CT molecular complexity index is 1070. The van der Waals surface area contributed by atoms with E-state index in [2.05, 4.69) is 27.8 Å². The molecular formula is C25H24BrNO4. The van der Waals surface area contributed by atoms with Gasteiger partial charge in [0.25, 0.3) is 0 Å². The van der Waals surface area contributed by atoms with Crippen LogP contribution in [0.4, 0.5) is 0 Å². The van der Waals surface area contributed by atoms with Gasteiger partial charge in [0.2, 0.25) is 0 Å². The number of ether oxygens (including phenoxy) is 2. The monoisotopic (exact) mass is 481 g/mol. The number of allylic oxidation sites excluding steroid dienone is 2. The molecule has 5 nitrogen and oxygen atoms in total. The molecule has 3 unspecified atom stereocenters. The lowest BCUT2D eigenvalue weighted by atomic mass is 9.69. The molecule has 0 aromatic heterocycles. The summed E-state index contributed by atoms with van der Waals surface area (Å²) in [6.07, 6.45) is 1.05. The number of Topliss-reactive ketones (excluding diaryl/α,β-unsaturated/α-hetero) is 1. The summed E-state index contributed by atoms with van der Waals surface area (Å²) in [5.41, 5.74) is 4.00. The quantitative estimate of drug-likeness (QED) is 0.632. The SMILES string of the molecule is C=C1NC2=C(C(=O)CC(c3ccc(OC)cc3)C2)C(c2ccccc2Br)C1C(=O)OC. The van der Waals surface area contributed by atoms with Crippen molar-refractivity contribution in [3.8, 4) is 5.75 Å². The average Bonchev–Trinajstić information content (AvgIpc) is 2.78. The molecule has 3 atom stereocenters. The van der Waals surface area contributed by atoms with E-state index in [1.165, 1.54) is 7.11 Å². The van der Waals surface area contributed by atoms with Gasteiger partial charge < -0.3 is 14.8 Å². The van der Waals surface area contributed by atoms with Crippen LogP contribution in [0, 0.1) is 5.92 Å². The van der Waals surface area contributed by atoms with Crippen molar-refractivity contribution in [1.82, 2.24) is 5.32 Å². The van der Waals surface area contributed by atoms with Crippen LogP contribution in [0.15, 0.2) is 76.5 Å². The van der Waals surface area contributed by atoms with Gasteiger partial charge in [0.1, 0.15) is 11.7 Å². The molecule has 2 aromatic rings. The third-order valence-electron chi connectivity index (χ3n) is 6.12. The molecule has 0 amide bonds. The van der Waals surface area contributed by atoms with Gasteiger partial charge in [0.05, 0.1) is 14.2 Å². The van der Waals surface area contributed by atoms with Crippen LogP contribution in [-0.4, -0.2) is 26.0 Å². The van der Waals surface area contributed by atoms with Gasteiger partial charge in [0, 0.05) is 33.8 Å². The number of hydrogen-bond acceptors (Lipinski definition) is 5. The smallest absolute Gasteiger partial charge is 0.315 e. The Labute approximate surface area is 190 Å². The van der Waals surface area contributed by atoms with Gasteiger partial charge in [-0.2, -0.15) is 0 Å². The molecule has 31 heavy (non-hydrogen) atoms. The summed E-state index contributed by atoms with van der Waals surface area (Å²) >= 11 is 3.60. The highest BCUT2D eigenvalue weighted by molar-refractivity contribution is 9.10. The molecule has 1 aliphatic heterocycles. The normalized spacial score (nSPS) is 23.1. The first-order chi connectivity index (χ1) is 14.9. The summed E-state index contributed by atoms with van der Waals surface area (Å²) < 4.78 is 11.2. The summed E-state index contributed by atoms with van der Waals surface area (Å²) in [6, 6.07) is 15.5. The Morgan fingerprint density at radius 1 is 1.10 bits per heavy atom. The van der Waals surface area contributed by atoms with Crippen molar-refractivity contribution in [2.24, 2.45) is 5.92 Å². The van der Waals surface area contributed by atoms with Gasteiger partial charge in [0.15, 0.2) is 5.78 Å². The first-order valence-corrected chi connectivity index (χ1v) is 10.9. The van der Waals surface area contributed by atoms with E-state index in [0.717, 1.165) is 27.0 Å². The lowest BCUT2D eigenvalue weighted by molar-refractivity contribution is -0.144. The fourth-order valence-electron chi connectivity index (χ4n) is 4.63. The minimum Gasteiger partial charge on any atom is -0.497 e. The van der Waals surface area contributed by atoms with E-state index >= 15 is 0 Å². The van der Waals surface area contributed by atoms with E-state index in [0.29, 0.717) is 24.1 Å². The van der Waals surface area contributed by atoms with Crippen molar-refractivity contribution in [2.75, 3.05) is 14.2 Å². The Hall–Kier alpha value is -2.86. The van der Waals surface area contributed by atoms with E-state index in [-0.39, 0.29) is 11.7 Å². The minimum absolute atomic E-state index is 0.0386. The van der Waals surface area contributed by atoms with E-state index < -0.39 is 17.8 Å². The highest BCUT2D eigenvalue weighted by Crippen LogP contribution is 2.48. The summed E-state index contributed by atoms with van der Waals surface area (Å²) in [5.74, 6) is -0.663. The predicted octanol–water partition coefficient (Wildman–Crippen LogP) is 4.85. The number of nitrogens with one attached hydrogen (secondary N) is 1.